The lowest BCUT2D eigenvalue weighted by Gasteiger charge is -2.34. The third-order valence-corrected chi connectivity index (χ3v) is 5.78. The fourth-order valence-electron chi connectivity index (χ4n) is 3.61. The highest BCUT2D eigenvalue weighted by atomic mass is 35.5. The van der Waals surface area contributed by atoms with Crippen LogP contribution in [0.15, 0.2) is 72.6 Å². The van der Waals surface area contributed by atoms with Crippen LogP contribution < -0.4 is 5.32 Å². The van der Waals surface area contributed by atoms with Crippen LogP contribution in [0.5, 0.6) is 0 Å². The lowest BCUT2D eigenvalue weighted by Crippen LogP contribution is -2.50. The number of aliphatic hydroxyl groups is 1. The molecule has 0 aliphatic carbocycles. The van der Waals surface area contributed by atoms with Crippen LogP contribution in [0.2, 0.25) is 5.02 Å². The zero-order valence-electron chi connectivity index (χ0n) is 18.6. The van der Waals surface area contributed by atoms with E-state index in [9.17, 15) is 14.7 Å². The summed E-state index contributed by atoms with van der Waals surface area (Å²) in [6.45, 7) is 3.18. The van der Waals surface area contributed by atoms with Crippen molar-refractivity contribution in [2.75, 3.05) is 31.5 Å². The number of allylic oxidation sites excluding steroid dienone is 1. The van der Waals surface area contributed by atoms with E-state index in [0.29, 0.717) is 42.7 Å². The average Bonchev–Trinajstić information content (AvgIpc) is 2.88. The molecule has 0 bridgehead atoms. The summed E-state index contributed by atoms with van der Waals surface area (Å²) in [5, 5.41) is 13.4. The molecule has 0 atom stereocenters. The van der Waals surface area contributed by atoms with Crippen molar-refractivity contribution in [2.45, 2.75) is 6.92 Å². The molecule has 9 heteroatoms. The van der Waals surface area contributed by atoms with Crippen molar-refractivity contribution >= 4 is 35.1 Å². The molecule has 2 N–H and O–H groups in total. The number of benzene rings is 2. The topological polar surface area (TPSA) is 98.7 Å². The quantitative estimate of drug-likeness (QED) is 0.420. The van der Waals surface area contributed by atoms with E-state index in [-0.39, 0.29) is 11.7 Å². The third kappa shape index (κ3) is 5.35. The first-order valence-electron chi connectivity index (χ1n) is 10.8. The van der Waals surface area contributed by atoms with Crippen LogP contribution in [0.3, 0.4) is 0 Å². The van der Waals surface area contributed by atoms with Gasteiger partial charge < -0.3 is 20.2 Å². The molecule has 0 unspecified atom stereocenters. The van der Waals surface area contributed by atoms with Gasteiger partial charge in [-0.15, -0.1) is 0 Å². The number of nitrogens with zero attached hydrogens (tertiary/aromatic N) is 4. The van der Waals surface area contributed by atoms with Crippen LogP contribution in [0.1, 0.15) is 17.3 Å². The Kier molecular flexibility index (Phi) is 7.08. The highest BCUT2D eigenvalue weighted by Crippen LogP contribution is 2.22. The van der Waals surface area contributed by atoms with Crippen molar-refractivity contribution in [3.05, 3.63) is 83.2 Å². The zero-order chi connectivity index (χ0) is 24.1. The van der Waals surface area contributed by atoms with Gasteiger partial charge in [0.05, 0.1) is 5.69 Å². The molecule has 2 amide bonds. The van der Waals surface area contributed by atoms with Crippen LogP contribution in [-0.4, -0.2) is 62.9 Å². The van der Waals surface area contributed by atoms with Gasteiger partial charge in [-0.25, -0.2) is 9.97 Å². The largest absolute Gasteiger partial charge is 0.503 e. The lowest BCUT2D eigenvalue weighted by atomic mass is 10.1. The van der Waals surface area contributed by atoms with Crippen LogP contribution >= 0.6 is 11.6 Å². The number of aliphatic hydroxyl groups excluding tert-OH is 1. The summed E-state index contributed by atoms with van der Waals surface area (Å²) in [5.41, 5.74) is 3.00. The number of hydrogen-bond acceptors (Lipinski definition) is 6. The lowest BCUT2D eigenvalue weighted by molar-refractivity contribution is -0.131. The molecule has 1 saturated heterocycles. The van der Waals surface area contributed by atoms with Gasteiger partial charge in [-0.3, -0.25) is 9.59 Å². The van der Waals surface area contributed by atoms with Gasteiger partial charge in [0.1, 0.15) is 0 Å². The Hall–Kier alpha value is -3.91. The van der Waals surface area contributed by atoms with Crippen LogP contribution in [-0.2, 0) is 4.79 Å². The van der Waals surface area contributed by atoms with Crippen molar-refractivity contribution in [3.63, 3.8) is 0 Å². The number of aromatic nitrogens is 2. The van der Waals surface area contributed by atoms with Crippen molar-refractivity contribution in [3.8, 4) is 11.3 Å². The fraction of sp³-hybridized carbons (Fsp3) is 0.200. The number of carbonyl (C=O) groups is 2. The van der Waals surface area contributed by atoms with Crippen LogP contribution in [0.25, 0.3) is 11.3 Å². The molecule has 34 heavy (non-hydrogen) atoms. The summed E-state index contributed by atoms with van der Waals surface area (Å²) in [5.74, 6) is -0.343. The van der Waals surface area contributed by atoms with E-state index in [1.54, 1.807) is 47.2 Å². The highest BCUT2D eigenvalue weighted by Gasteiger charge is 2.26. The predicted molar refractivity (Wildman–Crippen MR) is 131 cm³/mol. The summed E-state index contributed by atoms with van der Waals surface area (Å²) >= 11 is 5.96. The molecule has 2 heterocycles. The van der Waals surface area contributed by atoms with Gasteiger partial charge in [-0.2, -0.15) is 0 Å². The summed E-state index contributed by atoms with van der Waals surface area (Å²) in [6.07, 6.45) is 3.05. The summed E-state index contributed by atoms with van der Waals surface area (Å²) < 4.78 is 0. The minimum atomic E-state index is -0.410. The van der Waals surface area contributed by atoms with Gasteiger partial charge in [0.2, 0.25) is 5.95 Å². The molecule has 1 aliphatic heterocycles. The second kappa shape index (κ2) is 10.4. The number of rotatable bonds is 5. The maximum Gasteiger partial charge on any atom is 0.288 e. The van der Waals surface area contributed by atoms with Crippen molar-refractivity contribution in [1.82, 2.24) is 19.8 Å². The van der Waals surface area contributed by atoms with E-state index in [1.807, 2.05) is 30.3 Å². The smallest absolute Gasteiger partial charge is 0.288 e. The number of hydrogen-bond donors (Lipinski definition) is 2. The molecule has 174 valence electrons. The van der Waals surface area contributed by atoms with Gasteiger partial charge in [0.25, 0.3) is 11.8 Å². The van der Waals surface area contributed by atoms with Crippen molar-refractivity contribution < 1.29 is 14.7 Å². The molecular formula is C25H24ClN5O3. The van der Waals surface area contributed by atoms with Crippen molar-refractivity contribution in [2.24, 2.45) is 0 Å². The van der Waals surface area contributed by atoms with Gasteiger partial charge in [0.15, 0.2) is 5.76 Å². The standard InChI is InChI=1S/C25H24ClN5O3/c1-2-22(32)24(34)31-15-13-30(14-16-31)23(33)18-5-9-20(10-6-18)28-25-27-12-11-21(29-25)17-3-7-19(26)8-4-17/h2-12,32H,13-16H2,1H3,(H,27,28,29)/b22-2-. The van der Waals surface area contributed by atoms with E-state index in [4.69, 9.17) is 11.6 Å². The maximum absolute atomic E-state index is 12.9. The van der Waals surface area contributed by atoms with E-state index < -0.39 is 5.91 Å². The van der Waals surface area contributed by atoms with E-state index in [0.717, 1.165) is 16.9 Å². The Balaban J connectivity index is 1.37. The number of piperazine rings is 1. The average molecular weight is 478 g/mol. The SMILES string of the molecule is C/C=C(\O)C(=O)N1CCN(C(=O)c2ccc(Nc3nccc(-c4ccc(Cl)cc4)n3)cc2)CC1. The number of anilines is 2. The first-order valence-corrected chi connectivity index (χ1v) is 11.2. The molecule has 0 spiro atoms. The highest BCUT2D eigenvalue weighted by molar-refractivity contribution is 6.30. The number of halogens is 1. The van der Waals surface area contributed by atoms with Crippen LogP contribution in [0, 0.1) is 0 Å². The van der Waals surface area contributed by atoms with E-state index in [1.165, 1.54) is 6.08 Å². The minimum absolute atomic E-state index is 0.102. The Morgan fingerprint density at radius 1 is 0.971 bits per heavy atom. The summed E-state index contributed by atoms with van der Waals surface area (Å²) in [4.78, 5) is 37.0. The monoisotopic (exact) mass is 477 g/mol. The molecule has 3 aromatic rings. The normalized spacial score (nSPS) is 14.1. The first-order chi connectivity index (χ1) is 16.4. The number of amides is 2. The van der Waals surface area contributed by atoms with Gasteiger partial charge in [-0.1, -0.05) is 23.7 Å². The van der Waals surface area contributed by atoms with E-state index >= 15 is 0 Å². The van der Waals surface area contributed by atoms with Gasteiger partial charge >= 0.3 is 0 Å². The van der Waals surface area contributed by atoms with E-state index in [2.05, 4.69) is 15.3 Å². The van der Waals surface area contributed by atoms with Crippen LogP contribution in [0.4, 0.5) is 11.6 Å². The van der Waals surface area contributed by atoms with Gasteiger partial charge in [-0.05, 0) is 55.5 Å². The number of nitrogens with one attached hydrogen (secondary N) is 1. The minimum Gasteiger partial charge on any atom is -0.503 e. The molecule has 1 aliphatic rings. The maximum atomic E-state index is 12.9. The second-order valence-corrected chi connectivity index (χ2v) is 8.17. The third-order valence-electron chi connectivity index (χ3n) is 5.53. The fourth-order valence-corrected chi connectivity index (χ4v) is 3.73. The molecular weight excluding hydrogens is 454 g/mol. The zero-order valence-corrected chi connectivity index (χ0v) is 19.4. The summed E-state index contributed by atoms with van der Waals surface area (Å²) in [7, 11) is 0. The molecule has 1 aromatic heterocycles. The first kappa shape index (κ1) is 23.3. The Morgan fingerprint density at radius 3 is 2.26 bits per heavy atom. The Bertz CT molecular complexity index is 1200. The Morgan fingerprint density at radius 2 is 1.62 bits per heavy atom. The molecule has 2 aromatic carbocycles. The van der Waals surface area contributed by atoms with Crippen molar-refractivity contribution in [1.29, 1.82) is 0 Å². The molecule has 0 radical (unpaired) electrons. The molecule has 8 nitrogen and oxygen atoms in total. The number of carbonyl (C=O) groups excluding carboxylic acids is 2. The van der Waals surface area contributed by atoms with Gasteiger partial charge in [0, 0.05) is 54.2 Å². The molecule has 0 saturated carbocycles. The molecule has 4 rings (SSSR count). The predicted octanol–water partition coefficient (Wildman–Crippen LogP) is 4.29. The Labute approximate surface area is 202 Å². The summed E-state index contributed by atoms with van der Waals surface area (Å²) in [6, 6.07) is 16.3. The second-order valence-electron chi connectivity index (χ2n) is 7.73. The molecule has 1 fully saturated rings.